The third-order valence-corrected chi connectivity index (χ3v) is 6.67. The van der Waals surface area contributed by atoms with E-state index in [9.17, 15) is 30.5 Å². The standard InChI is InChI=1S/C17H16IN5O7S/c18-9-2-8(23(28)29)1-7(12(9)25)4-31-16-11-15(19-5-20-16)22(6-21-11)17-14(27)13(26)10(3-24)30-17/h1-2,5-6,10,13-14,17,24-27H,3-4H2/t10-,13-,14-,17?/m1/s1. The Morgan fingerprint density at radius 3 is 2.71 bits per heavy atom. The zero-order valence-electron chi connectivity index (χ0n) is 15.6. The highest BCUT2D eigenvalue weighted by molar-refractivity contribution is 14.1. The van der Waals surface area contributed by atoms with Gasteiger partial charge in [-0.1, -0.05) is 11.8 Å². The Hall–Kier alpha value is -2.11. The van der Waals surface area contributed by atoms with Gasteiger partial charge in [0.05, 0.1) is 21.4 Å². The first-order chi connectivity index (χ1) is 14.8. The number of aliphatic hydroxyl groups is 3. The third-order valence-electron chi connectivity index (χ3n) is 4.82. The first kappa shape index (κ1) is 22.1. The fourth-order valence-corrected chi connectivity index (χ4v) is 4.81. The number of fused-ring (bicyclic) bond motifs is 1. The number of imidazole rings is 1. The van der Waals surface area contributed by atoms with Crippen molar-refractivity contribution in [3.8, 4) is 5.75 Å². The van der Waals surface area contributed by atoms with Crippen LogP contribution in [-0.2, 0) is 10.5 Å². The fourth-order valence-electron chi connectivity index (χ4n) is 3.23. The topological polar surface area (TPSA) is 177 Å². The average molecular weight is 561 g/mol. The predicted octanol–water partition coefficient (Wildman–Crippen LogP) is 0.948. The molecule has 4 N–H and O–H groups in total. The van der Waals surface area contributed by atoms with Crippen LogP contribution in [0.1, 0.15) is 11.8 Å². The lowest BCUT2D eigenvalue weighted by Crippen LogP contribution is -2.33. The average Bonchev–Trinajstić information content (AvgIpc) is 3.30. The number of nitrogens with zero attached hydrogens (tertiary/aromatic N) is 5. The van der Waals surface area contributed by atoms with Gasteiger partial charge < -0.3 is 25.2 Å². The normalized spacial score (nSPS) is 23.5. The van der Waals surface area contributed by atoms with Gasteiger partial charge in [-0.25, -0.2) is 15.0 Å². The summed E-state index contributed by atoms with van der Waals surface area (Å²) in [4.78, 5) is 23.2. The second-order valence-electron chi connectivity index (χ2n) is 6.71. The van der Waals surface area contributed by atoms with Gasteiger partial charge in [0.2, 0.25) is 0 Å². The number of phenolic OH excluding ortho intramolecular Hbond substituents is 1. The van der Waals surface area contributed by atoms with E-state index in [1.807, 2.05) is 22.6 Å². The third kappa shape index (κ3) is 4.06. The molecule has 1 aliphatic heterocycles. The second kappa shape index (κ2) is 8.79. The summed E-state index contributed by atoms with van der Waals surface area (Å²) < 4.78 is 7.34. The van der Waals surface area contributed by atoms with E-state index in [1.54, 1.807) is 0 Å². The van der Waals surface area contributed by atoms with Crippen LogP contribution in [0.2, 0.25) is 0 Å². The van der Waals surface area contributed by atoms with Crippen LogP contribution in [-0.4, -0.2) is 69.8 Å². The van der Waals surface area contributed by atoms with Crippen LogP contribution in [0.15, 0.2) is 29.8 Å². The van der Waals surface area contributed by atoms with Crippen LogP contribution in [0.5, 0.6) is 5.75 Å². The van der Waals surface area contributed by atoms with E-state index in [1.165, 1.54) is 41.1 Å². The summed E-state index contributed by atoms with van der Waals surface area (Å²) in [5, 5.41) is 51.4. The number of phenols is 1. The molecule has 1 saturated heterocycles. The lowest BCUT2D eigenvalue weighted by atomic mass is 10.1. The molecule has 0 aliphatic carbocycles. The number of thioether (sulfide) groups is 1. The highest BCUT2D eigenvalue weighted by atomic mass is 127. The minimum Gasteiger partial charge on any atom is -0.507 e. The number of ether oxygens (including phenoxy) is 1. The van der Waals surface area contributed by atoms with E-state index in [0.29, 0.717) is 25.3 Å². The molecular formula is C17H16IN5O7S. The van der Waals surface area contributed by atoms with Crippen LogP contribution < -0.4 is 0 Å². The van der Waals surface area contributed by atoms with Gasteiger partial charge in [0.15, 0.2) is 11.9 Å². The van der Waals surface area contributed by atoms with Crippen molar-refractivity contribution in [2.75, 3.05) is 6.61 Å². The van der Waals surface area contributed by atoms with Gasteiger partial charge in [-0.15, -0.1) is 0 Å². The van der Waals surface area contributed by atoms with Crippen molar-refractivity contribution in [1.82, 2.24) is 19.5 Å². The van der Waals surface area contributed by atoms with Gasteiger partial charge in [0.1, 0.15) is 40.9 Å². The molecular weight excluding hydrogens is 545 g/mol. The summed E-state index contributed by atoms with van der Waals surface area (Å²) in [7, 11) is 0. The van der Waals surface area contributed by atoms with Crippen molar-refractivity contribution >= 4 is 51.2 Å². The molecule has 1 aromatic carbocycles. The molecule has 1 aliphatic rings. The number of hydrogen-bond acceptors (Lipinski definition) is 11. The summed E-state index contributed by atoms with van der Waals surface area (Å²) >= 11 is 3.03. The van der Waals surface area contributed by atoms with Crippen molar-refractivity contribution < 1.29 is 30.1 Å². The summed E-state index contributed by atoms with van der Waals surface area (Å²) in [6, 6.07) is 2.59. The second-order valence-corrected chi connectivity index (χ2v) is 8.84. The fraction of sp³-hybridized carbons (Fsp3) is 0.353. The molecule has 164 valence electrons. The number of rotatable bonds is 6. The van der Waals surface area contributed by atoms with E-state index < -0.39 is 36.1 Å². The molecule has 1 unspecified atom stereocenters. The monoisotopic (exact) mass is 561 g/mol. The van der Waals surface area contributed by atoms with Crippen molar-refractivity contribution in [3.63, 3.8) is 0 Å². The van der Waals surface area contributed by atoms with Gasteiger partial charge >= 0.3 is 0 Å². The Balaban J connectivity index is 1.62. The SMILES string of the molecule is O=[N+]([O-])c1cc(I)c(O)c(CSc2ncnc3c2ncn3C2O[C@H](CO)[C@@H](O)[C@H]2O)c1. The van der Waals surface area contributed by atoms with Crippen LogP contribution >= 0.6 is 34.4 Å². The molecule has 3 heterocycles. The zero-order chi connectivity index (χ0) is 22.3. The highest BCUT2D eigenvalue weighted by Gasteiger charge is 2.44. The van der Waals surface area contributed by atoms with Gasteiger partial charge in [0.25, 0.3) is 5.69 Å². The molecule has 12 nitrogen and oxygen atoms in total. The number of aliphatic hydroxyl groups excluding tert-OH is 3. The molecule has 4 atom stereocenters. The smallest absolute Gasteiger partial charge is 0.271 e. The highest BCUT2D eigenvalue weighted by Crippen LogP contribution is 2.36. The maximum absolute atomic E-state index is 11.1. The molecule has 4 rings (SSSR count). The van der Waals surface area contributed by atoms with E-state index in [0.717, 1.165) is 0 Å². The number of non-ortho nitro benzene ring substituents is 1. The van der Waals surface area contributed by atoms with E-state index in [2.05, 4.69) is 15.0 Å². The van der Waals surface area contributed by atoms with Crippen molar-refractivity contribution in [1.29, 1.82) is 0 Å². The first-order valence-electron chi connectivity index (χ1n) is 8.90. The lowest BCUT2D eigenvalue weighted by molar-refractivity contribution is -0.385. The van der Waals surface area contributed by atoms with Gasteiger partial charge in [-0.2, -0.15) is 0 Å². The zero-order valence-corrected chi connectivity index (χ0v) is 18.5. The van der Waals surface area contributed by atoms with E-state index >= 15 is 0 Å². The number of aromatic hydroxyl groups is 1. The molecule has 14 heteroatoms. The van der Waals surface area contributed by atoms with Crippen molar-refractivity contribution in [3.05, 3.63) is 44.0 Å². The summed E-state index contributed by atoms with van der Waals surface area (Å²) in [5.41, 5.74) is 0.979. The largest absolute Gasteiger partial charge is 0.507 e. The van der Waals surface area contributed by atoms with Crippen molar-refractivity contribution in [2.45, 2.75) is 35.3 Å². The maximum atomic E-state index is 11.1. The minimum atomic E-state index is -1.29. The Morgan fingerprint density at radius 1 is 1.26 bits per heavy atom. The molecule has 31 heavy (non-hydrogen) atoms. The summed E-state index contributed by atoms with van der Waals surface area (Å²) in [6.45, 7) is -0.455. The molecule has 3 aromatic rings. The van der Waals surface area contributed by atoms with Crippen LogP contribution in [0.4, 0.5) is 5.69 Å². The summed E-state index contributed by atoms with van der Waals surface area (Å²) in [6.07, 6.45) is -1.80. The summed E-state index contributed by atoms with van der Waals surface area (Å²) in [5.74, 6) is 0.150. The molecule has 0 spiro atoms. The molecule has 0 radical (unpaired) electrons. The number of aromatic nitrogens is 4. The number of hydrogen-bond donors (Lipinski definition) is 4. The lowest BCUT2D eigenvalue weighted by Gasteiger charge is -2.16. The Bertz CT molecular complexity index is 1150. The number of nitro benzene ring substituents is 1. The molecule has 0 saturated carbocycles. The molecule has 1 fully saturated rings. The van der Waals surface area contributed by atoms with Crippen molar-refractivity contribution in [2.24, 2.45) is 0 Å². The number of nitro groups is 1. The Kier molecular flexibility index (Phi) is 6.27. The van der Waals surface area contributed by atoms with E-state index in [-0.39, 0.29) is 17.2 Å². The van der Waals surface area contributed by atoms with Crippen LogP contribution in [0, 0.1) is 13.7 Å². The first-order valence-corrected chi connectivity index (χ1v) is 11.0. The van der Waals surface area contributed by atoms with Gasteiger partial charge in [-0.3, -0.25) is 14.7 Å². The number of halogens is 1. The van der Waals surface area contributed by atoms with Crippen LogP contribution in [0.3, 0.4) is 0 Å². The van der Waals surface area contributed by atoms with Gasteiger partial charge in [0, 0.05) is 23.4 Å². The van der Waals surface area contributed by atoms with Gasteiger partial charge in [-0.05, 0) is 22.6 Å². The number of benzene rings is 1. The Labute approximate surface area is 192 Å². The molecule has 0 bridgehead atoms. The quantitative estimate of drug-likeness (QED) is 0.111. The van der Waals surface area contributed by atoms with E-state index in [4.69, 9.17) is 4.74 Å². The predicted molar refractivity (Wildman–Crippen MR) is 115 cm³/mol. The maximum Gasteiger partial charge on any atom is 0.271 e. The minimum absolute atomic E-state index is 0.0407. The molecule has 2 aromatic heterocycles. The van der Waals surface area contributed by atoms with Crippen LogP contribution in [0.25, 0.3) is 11.2 Å². The Morgan fingerprint density at radius 2 is 2.03 bits per heavy atom. The molecule has 0 amide bonds.